The standard InChI is InChI=1S/C22H19N3O2/c1-2-12-25-21(26)19(23-22(25)27)13-17-15-24(14-16-8-4-3-5-9-16)20-11-7-6-10-18(17)20/h2-11,13,15H,1,12,14H2,(H,23,27)/b19-13+. The third-order valence-electron chi connectivity index (χ3n) is 4.59. The average molecular weight is 357 g/mol. The van der Waals surface area contributed by atoms with Gasteiger partial charge in [0.05, 0.1) is 0 Å². The summed E-state index contributed by atoms with van der Waals surface area (Å²) in [7, 11) is 0. The highest BCUT2D eigenvalue weighted by Crippen LogP contribution is 2.25. The number of hydrogen-bond acceptors (Lipinski definition) is 2. The lowest BCUT2D eigenvalue weighted by atomic mass is 10.1. The molecule has 0 bridgehead atoms. The maximum absolute atomic E-state index is 12.5. The van der Waals surface area contributed by atoms with E-state index in [1.807, 2.05) is 42.6 Å². The second kappa shape index (κ2) is 6.96. The fourth-order valence-corrected chi connectivity index (χ4v) is 3.32. The number of amides is 3. The molecule has 0 unspecified atom stereocenters. The number of benzene rings is 2. The predicted octanol–water partition coefficient (Wildman–Crippen LogP) is 3.77. The van der Waals surface area contributed by atoms with E-state index < -0.39 is 6.03 Å². The quantitative estimate of drug-likeness (QED) is 0.429. The summed E-state index contributed by atoms with van der Waals surface area (Å²) in [6, 6.07) is 17.8. The molecule has 5 heteroatoms. The highest BCUT2D eigenvalue weighted by molar-refractivity contribution is 6.14. The van der Waals surface area contributed by atoms with Crippen LogP contribution in [0.25, 0.3) is 17.0 Å². The highest BCUT2D eigenvalue weighted by Gasteiger charge is 2.32. The Morgan fingerprint density at radius 3 is 2.52 bits per heavy atom. The number of nitrogens with zero attached hydrogens (tertiary/aromatic N) is 2. The molecule has 0 atom stereocenters. The first-order valence-corrected chi connectivity index (χ1v) is 8.74. The molecule has 5 nitrogen and oxygen atoms in total. The summed E-state index contributed by atoms with van der Waals surface area (Å²) >= 11 is 0. The minimum Gasteiger partial charge on any atom is -0.342 e. The van der Waals surface area contributed by atoms with Crippen molar-refractivity contribution in [2.75, 3.05) is 6.54 Å². The lowest BCUT2D eigenvalue weighted by Crippen LogP contribution is -2.30. The fraction of sp³-hybridized carbons (Fsp3) is 0.0909. The highest BCUT2D eigenvalue weighted by atomic mass is 16.2. The van der Waals surface area contributed by atoms with E-state index in [1.54, 1.807) is 6.08 Å². The molecule has 1 aliphatic rings. The molecule has 2 heterocycles. The van der Waals surface area contributed by atoms with Gasteiger partial charge in [-0.25, -0.2) is 4.79 Å². The lowest BCUT2D eigenvalue weighted by Gasteiger charge is -2.06. The molecule has 1 aliphatic heterocycles. The Kier molecular flexibility index (Phi) is 4.34. The molecule has 1 fully saturated rings. The molecule has 134 valence electrons. The molecule has 0 aliphatic carbocycles. The van der Waals surface area contributed by atoms with Crippen LogP contribution in [0.4, 0.5) is 4.79 Å². The van der Waals surface area contributed by atoms with E-state index in [0.717, 1.165) is 27.9 Å². The summed E-state index contributed by atoms with van der Waals surface area (Å²) in [5.41, 5.74) is 3.45. The van der Waals surface area contributed by atoms with E-state index in [-0.39, 0.29) is 18.1 Å². The molecule has 1 N–H and O–H groups in total. The Hall–Kier alpha value is -3.60. The molecule has 1 aromatic heterocycles. The van der Waals surface area contributed by atoms with Gasteiger partial charge in [-0.2, -0.15) is 0 Å². The molecular weight excluding hydrogens is 338 g/mol. The minimum absolute atomic E-state index is 0.192. The van der Waals surface area contributed by atoms with Gasteiger partial charge in [0.2, 0.25) is 0 Å². The molecule has 27 heavy (non-hydrogen) atoms. The number of rotatable bonds is 5. The summed E-state index contributed by atoms with van der Waals surface area (Å²) < 4.78 is 2.15. The Labute approximate surface area is 157 Å². The maximum atomic E-state index is 12.5. The molecule has 4 rings (SSSR count). The number of carbonyl (C=O) groups excluding carboxylic acids is 2. The number of urea groups is 1. The van der Waals surface area contributed by atoms with Crippen molar-refractivity contribution in [2.45, 2.75) is 6.54 Å². The van der Waals surface area contributed by atoms with Crippen molar-refractivity contribution in [3.63, 3.8) is 0 Å². The number of fused-ring (bicyclic) bond motifs is 1. The van der Waals surface area contributed by atoms with Crippen LogP contribution in [0.5, 0.6) is 0 Å². The topological polar surface area (TPSA) is 54.3 Å². The van der Waals surface area contributed by atoms with Crippen LogP contribution in [-0.4, -0.2) is 28.0 Å². The van der Waals surface area contributed by atoms with Gasteiger partial charge in [0.25, 0.3) is 5.91 Å². The van der Waals surface area contributed by atoms with E-state index in [0.29, 0.717) is 0 Å². The van der Waals surface area contributed by atoms with Crippen molar-refractivity contribution < 1.29 is 9.59 Å². The first-order valence-electron chi connectivity index (χ1n) is 8.74. The van der Waals surface area contributed by atoms with Gasteiger partial charge < -0.3 is 9.88 Å². The van der Waals surface area contributed by atoms with Crippen LogP contribution in [0.3, 0.4) is 0 Å². The summed E-state index contributed by atoms with van der Waals surface area (Å²) in [6.07, 6.45) is 5.29. The van der Waals surface area contributed by atoms with Gasteiger partial charge >= 0.3 is 6.03 Å². The average Bonchev–Trinajstić information content (AvgIpc) is 3.16. The molecule has 0 saturated carbocycles. The number of nitrogens with one attached hydrogen (secondary N) is 1. The maximum Gasteiger partial charge on any atom is 0.329 e. The number of hydrogen-bond donors (Lipinski definition) is 1. The number of para-hydroxylation sites is 1. The van der Waals surface area contributed by atoms with Crippen LogP contribution >= 0.6 is 0 Å². The molecule has 0 radical (unpaired) electrons. The molecule has 0 spiro atoms. The van der Waals surface area contributed by atoms with Gasteiger partial charge in [0, 0.05) is 35.8 Å². The summed E-state index contributed by atoms with van der Waals surface area (Å²) in [4.78, 5) is 25.6. The van der Waals surface area contributed by atoms with Crippen LogP contribution in [0, 0.1) is 0 Å². The lowest BCUT2D eigenvalue weighted by molar-refractivity contribution is -0.122. The largest absolute Gasteiger partial charge is 0.342 e. The normalized spacial score (nSPS) is 15.6. The van der Waals surface area contributed by atoms with E-state index in [2.05, 4.69) is 34.7 Å². The second-order valence-electron chi connectivity index (χ2n) is 6.41. The van der Waals surface area contributed by atoms with Crippen LogP contribution in [-0.2, 0) is 11.3 Å². The molecule has 3 aromatic rings. The monoisotopic (exact) mass is 357 g/mol. The van der Waals surface area contributed by atoms with Gasteiger partial charge in [-0.3, -0.25) is 9.69 Å². The molecule has 2 aromatic carbocycles. The second-order valence-corrected chi connectivity index (χ2v) is 6.41. The fourth-order valence-electron chi connectivity index (χ4n) is 3.32. The van der Waals surface area contributed by atoms with Gasteiger partial charge in [0.15, 0.2) is 0 Å². The molecule has 3 amide bonds. The zero-order chi connectivity index (χ0) is 18.8. The van der Waals surface area contributed by atoms with Crippen molar-refractivity contribution in [3.05, 3.63) is 90.3 Å². The van der Waals surface area contributed by atoms with E-state index in [4.69, 9.17) is 0 Å². The van der Waals surface area contributed by atoms with Crippen LogP contribution in [0.1, 0.15) is 11.1 Å². The summed E-state index contributed by atoms with van der Waals surface area (Å²) in [5, 5.41) is 3.68. The van der Waals surface area contributed by atoms with Gasteiger partial charge in [0.1, 0.15) is 5.70 Å². The zero-order valence-corrected chi connectivity index (χ0v) is 14.8. The summed E-state index contributed by atoms with van der Waals surface area (Å²) in [6.45, 7) is 4.51. The Morgan fingerprint density at radius 2 is 1.74 bits per heavy atom. The Morgan fingerprint density at radius 1 is 1.00 bits per heavy atom. The Balaban J connectivity index is 1.74. The number of aromatic nitrogens is 1. The summed E-state index contributed by atoms with van der Waals surface area (Å²) in [5.74, 6) is -0.334. The van der Waals surface area contributed by atoms with Crippen molar-refractivity contribution >= 4 is 28.9 Å². The van der Waals surface area contributed by atoms with Crippen molar-refractivity contribution in [2.24, 2.45) is 0 Å². The number of carbonyl (C=O) groups is 2. The van der Waals surface area contributed by atoms with E-state index >= 15 is 0 Å². The predicted molar refractivity (Wildman–Crippen MR) is 106 cm³/mol. The zero-order valence-electron chi connectivity index (χ0n) is 14.8. The SMILES string of the molecule is C=CCN1C(=O)N/C(=C/c2cn(Cc3ccccc3)c3ccccc23)C1=O. The van der Waals surface area contributed by atoms with Gasteiger partial charge in [-0.1, -0.05) is 54.6 Å². The third-order valence-corrected chi connectivity index (χ3v) is 4.59. The van der Waals surface area contributed by atoms with E-state index in [1.165, 1.54) is 11.6 Å². The van der Waals surface area contributed by atoms with Crippen LogP contribution in [0.15, 0.2) is 79.1 Å². The first kappa shape index (κ1) is 16.8. The Bertz CT molecular complexity index is 1060. The van der Waals surface area contributed by atoms with Gasteiger partial charge in [-0.05, 0) is 17.7 Å². The number of imide groups is 1. The van der Waals surface area contributed by atoms with Crippen LogP contribution in [0.2, 0.25) is 0 Å². The van der Waals surface area contributed by atoms with E-state index in [9.17, 15) is 9.59 Å². The minimum atomic E-state index is -0.417. The first-order chi connectivity index (χ1) is 13.2. The van der Waals surface area contributed by atoms with Crippen molar-refractivity contribution in [1.29, 1.82) is 0 Å². The molecule has 1 saturated heterocycles. The van der Waals surface area contributed by atoms with Crippen molar-refractivity contribution in [1.82, 2.24) is 14.8 Å². The molecular formula is C22H19N3O2. The van der Waals surface area contributed by atoms with Crippen molar-refractivity contribution in [3.8, 4) is 0 Å². The van der Waals surface area contributed by atoms with Crippen LogP contribution < -0.4 is 5.32 Å². The van der Waals surface area contributed by atoms with Gasteiger partial charge in [-0.15, -0.1) is 6.58 Å². The third kappa shape index (κ3) is 3.15. The smallest absolute Gasteiger partial charge is 0.329 e.